The average molecular weight is 378 g/mol. The van der Waals surface area contributed by atoms with Crippen molar-refractivity contribution in [3.05, 3.63) is 55.8 Å². The second-order valence-corrected chi connectivity index (χ2v) is 13.1. The number of allylic oxidation sites excluding steroid dienone is 1. The van der Waals surface area contributed by atoms with Gasteiger partial charge in [-0.25, -0.2) is 4.79 Å². The van der Waals surface area contributed by atoms with Gasteiger partial charge in [-0.05, 0) is 12.3 Å². The normalized spacial score (nSPS) is 22.2. The first-order valence-electron chi connectivity index (χ1n) is 8.22. The molecule has 9 heteroatoms. The van der Waals surface area contributed by atoms with E-state index in [1.807, 2.05) is 6.92 Å². The first-order valence-corrected chi connectivity index (χ1v) is 11.8. The summed E-state index contributed by atoms with van der Waals surface area (Å²) in [6.45, 7) is 8.88. The Balaban J connectivity index is 2.06. The molecule has 1 aliphatic rings. The van der Waals surface area contributed by atoms with Crippen LogP contribution in [0.1, 0.15) is 23.7 Å². The summed E-state index contributed by atoms with van der Waals surface area (Å²) in [5.41, 5.74) is 0.886. The molecular formula is C17H22N2O6Si. The van der Waals surface area contributed by atoms with E-state index in [0.717, 1.165) is 24.6 Å². The van der Waals surface area contributed by atoms with E-state index in [1.165, 1.54) is 0 Å². The summed E-state index contributed by atoms with van der Waals surface area (Å²) >= 11 is 0. The molecule has 1 aliphatic carbocycles. The van der Waals surface area contributed by atoms with E-state index in [2.05, 4.69) is 31.4 Å². The number of hydrogen-bond donors (Lipinski definition) is 0. The van der Waals surface area contributed by atoms with Crippen LogP contribution < -0.4 is 0 Å². The molecule has 0 amide bonds. The van der Waals surface area contributed by atoms with Gasteiger partial charge in [0.25, 0.3) is 11.4 Å². The Morgan fingerprint density at radius 3 is 2.23 bits per heavy atom. The lowest BCUT2D eigenvalue weighted by Crippen LogP contribution is -2.17. The zero-order chi connectivity index (χ0) is 19.7. The summed E-state index contributed by atoms with van der Waals surface area (Å²) in [5, 5.41) is 21.8. The molecule has 0 radical (unpaired) electrons. The zero-order valence-electron chi connectivity index (χ0n) is 15.2. The predicted octanol–water partition coefficient (Wildman–Crippen LogP) is 4.12. The van der Waals surface area contributed by atoms with Crippen molar-refractivity contribution in [2.75, 3.05) is 6.61 Å². The fraction of sp³-hybridized carbons (Fsp3) is 0.471. The fourth-order valence-corrected chi connectivity index (χ4v) is 3.36. The number of benzene rings is 1. The second kappa shape index (κ2) is 6.98. The van der Waals surface area contributed by atoms with Crippen molar-refractivity contribution >= 4 is 25.4 Å². The Labute approximate surface area is 152 Å². The van der Waals surface area contributed by atoms with E-state index in [4.69, 9.17) is 4.74 Å². The minimum absolute atomic E-state index is 0.154. The third kappa shape index (κ3) is 4.98. The molecule has 1 aromatic rings. The highest BCUT2D eigenvalue weighted by Gasteiger charge is 2.49. The Morgan fingerprint density at radius 2 is 1.77 bits per heavy atom. The van der Waals surface area contributed by atoms with Crippen LogP contribution in [-0.4, -0.2) is 30.5 Å². The molecule has 0 heterocycles. The Morgan fingerprint density at radius 1 is 1.23 bits per heavy atom. The molecule has 2 atom stereocenters. The number of carbonyl (C=O) groups excluding carboxylic acids is 1. The topological polar surface area (TPSA) is 113 Å². The first kappa shape index (κ1) is 19.8. The van der Waals surface area contributed by atoms with Gasteiger partial charge in [0.05, 0.1) is 36.2 Å². The third-order valence-electron chi connectivity index (χ3n) is 4.34. The van der Waals surface area contributed by atoms with E-state index in [0.29, 0.717) is 5.92 Å². The molecule has 2 unspecified atom stereocenters. The summed E-state index contributed by atoms with van der Waals surface area (Å²) in [4.78, 5) is 32.5. The first-order chi connectivity index (χ1) is 11.9. The van der Waals surface area contributed by atoms with Gasteiger partial charge in [-0.15, -0.1) is 0 Å². The van der Waals surface area contributed by atoms with Crippen LogP contribution >= 0.6 is 0 Å². The lowest BCUT2D eigenvalue weighted by molar-refractivity contribution is -0.394. The van der Waals surface area contributed by atoms with Gasteiger partial charge in [0.2, 0.25) is 0 Å². The van der Waals surface area contributed by atoms with Gasteiger partial charge < -0.3 is 4.74 Å². The third-order valence-corrected chi connectivity index (χ3v) is 5.54. The number of esters is 1. The Bertz CT molecular complexity index is 754. The molecule has 140 valence electrons. The van der Waals surface area contributed by atoms with Crippen molar-refractivity contribution in [3.8, 4) is 0 Å². The highest BCUT2D eigenvalue weighted by molar-refractivity contribution is 6.80. The van der Waals surface area contributed by atoms with Crippen molar-refractivity contribution in [1.82, 2.24) is 0 Å². The van der Waals surface area contributed by atoms with E-state index in [1.54, 1.807) is 0 Å². The Kier molecular flexibility index (Phi) is 5.31. The molecule has 0 N–H and O–H groups in total. The van der Waals surface area contributed by atoms with Crippen LogP contribution in [0.3, 0.4) is 0 Å². The van der Waals surface area contributed by atoms with Gasteiger partial charge in [0, 0.05) is 17.5 Å². The van der Waals surface area contributed by atoms with Crippen LogP contribution in [0.15, 0.2) is 30.0 Å². The molecule has 1 aromatic carbocycles. The van der Waals surface area contributed by atoms with Gasteiger partial charge in [0.15, 0.2) is 0 Å². The van der Waals surface area contributed by atoms with E-state index < -0.39 is 35.3 Å². The second-order valence-electron chi connectivity index (χ2n) is 8.02. The molecule has 1 fully saturated rings. The van der Waals surface area contributed by atoms with E-state index in [9.17, 15) is 25.0 Å². The summed E-state index contributed by atoms with van der Waals surface area (Å²) in [6, 6.07) is 2.80. The number of nitrogens with zero attached hydrogens (tertiary/aromatic N) is 2. The number of nitro benzene ring substituents is 2. The van der Waals surface area contributed by atoms with Crippen molar-refractivity contribution in [1.29, 1.82) is 0 Å². The van der Waals surface area contributed by atoms with Crippen molar-refractivity contribution in [3.63, 3.8) is 0 Å². The summed E-state index contributed by atoms with van der Waals surface area (Å²) in [6.07, 6.45) is 3.08. The lowest BCUT2D eigenvalue weighted by Gasteiger charge is -2.12. The minimum Gasteiger partial charge on any atom is -0.461 e. The number of carbonyl (C=O) groups is 1. The minimum atomic E-state index is -1.29. The van der Waals surface area contributed by atoms with Gasteiger partial charge >= 0.3 is 5.97 Å². The number of ether oxygens (including phenoxy) is 1. The van der Waals surface area contributed by atoms with Crippen LogP contribution in [0.4, 0.5) is 11.4 Å². The van der Waals surface area contributed by atoms with Crippen LogP contribution in [0.2, 0.25) is 19.6 Å². The van der Waals surface area contributed by atoms with Crippen molar-refractivity contribution in [2.45, 2.75) is 33.0 Å². The maximum absolute atomic E-state index is 12.2. The standard InChI is InChI=1S/C17H22N2O6Si/c1-17(10-13(17)5-6-26(2,3)4)11-25-16(20)12-7-14(18(21)22)9-15(8-12)19(23)24/h5-9,13H,10-11H2,1-4H3/b6-5+. The molecule has 0 saturated heterocycles. The van der Waals surface area contributed by atoms with E-state index >= 15 is 0 Å². The quantitative estimate of drug-likeness (QED) is 0.305. The monoisotopic (exact) mass is 378 g/mol. The molecule has 26 heavy (non-hydrogen) atoms. The van der Waals surface area contributed by atoms with Crippen molar-refractivity contribution in [2.24, 2.45) is 11.3 Å². The zero-order valence-corrected chi connectivity index (χ0v) is 16.2. The molecule has 0 aromatic heterocycles. The van der Waals surface area contributed by atoms with Crippen LogP contribution in [0.5, 0.6) is 0 Å². The number of nitro groups is 2. The lowest BCUT2D eigenvalue weighted by atomic mass is 10.1. The van der Waals surface area contributed by atoms with Gasteiger partial charge in [-0.2, -0.15) is 0 Å². The van der Waals surface area contributed by atoms with Crippen LogP contribution in [-0.2, 0) is 4.74 Å². The summed E-state index contributed by atoms with van der Waals surface area (Å²) in [7, 11) is -1.29. The maximum Gasteiger partial charge on any atom is 0.338 e. The molecule has 2 rings (SSSR count). The molecule has 8 nitrogen and oxygen atoms in total. The number of rotatable bonds is 7. The molecular weight excluding hydrogens is 356 g/mol. The van der Waals surface area contributed by atoms with Crippen LogP contribution in [0.25, 0.3) is 0 Å². The largest absolute Gasteiger partial charge is 0.461 e. The van der Waals surface area contributed by atoms with Gasteiger partial charge in [-0.3, -0.25) is 20.2 Å². The predicted molar refractivity (Wildman–Crippen MR) is 98.7 cm³/mol. The number of hydrogen-bond acceptors (Lipinski definition) is 6. The maximum atomic E-state index is 12.2. The fourth-order valence-electron chi connectivity index (χ4n) is 2.55. The SMILES string of the molecule is CC1(COC(=O)c2cc([N+](=O)[O-])cc([N+](=O)[O-])c2)CC1/C=C/[Si](C)(C)C. The van der Waals surface area contributed by atoms with Crippen molar-refractivity contribution < 1.29 is 19.4 Å². The molecule has 0 spiro atoms. The smallest absolute Gasteiger partial charge is 0.338 e. The number of non-ortho nitro benzene ring substituents is 2. The van der Waals surface area contributed by atoms with Gasteiger partial charge in [-0.1, -0.05) is 38.3 Å². The average Bonchev–Trinajstić information content (AvgIpc) is 3.20. The molecule has 0 aliphatic heterocycles. The molecule has 0 bridgehead atoms. The van der Waals surface area contributed by atoms with Gasteiger partial charge in [0.1, 0.15) is 0 Å². The van der Waals surface area contributed by atoms with E-state index in [-0.39, 0.29) is 17.6 Å². The summed E-state index contributed by atoms with van der Waals surface area (Å²) < 4.78 is 5.28. The van der Waals surface area contributed by atoms with Crippen LogP contribution in [0, 0.1) is 31.6 Å². The highest BCUT2D eigenvalue weighted by atomic mass is 28.3. The Hall–Kier alpha value is -2.55. The summed E-state index contributed by atoms with van der Waals surface area (Å²) in [5.74, 6) is -0.459. The molecule has 1 saturated carbocycles. The highest BCUT2D eigenvalue weighted by Crippen LogP contribution is 2.53.